The Kier molecular flexibility index (Phi) is 9.16. The van der Waals surface area contributed by atoms with Gasteiger partial charge in [-0.15, -0.1) is 0 Å². The number of benzene rings is 10. The maximum absolute atomic E-state index is 8.38. The van der Waals surface area contributed by atoms with Crippen molar-refractivity contribution in [2.75, 3.05) is 0 Å². The number of hydrogen-bond donors (Lipinski definition) is 0. The average Bonchev–Trinajstić information content (AvgIpc) is 4.08. The Hall–Kier alpha value is -9.83. The molecule has 0 bridgehead atoms. The molecule has 0 amide bonds. The van der Waals surface area contributed by atoms with Gasteiger partial charge in [0, 0.05) is 60.5 Å². The first kappa shape index (κ1) is 40.3. The highest BCUT2D eigenvalue weighted by atomic mass is 15.0. The largest absolute Gasteiger partial charge is 0.309 e. The van der Waals surface area contributed by atoms with E-state index in [1.54, 1.807) is 0 Å². The number of rotatable bonds is 7. The summed E-state index contributed by atoms with van der Waals surface area (Å²) in [6, 6.07) is 85.5. The molecule has 0 aliphatic heterocycles. The first-order chi connectivity index (χ1) is 35.2. The van der Waals surface area contributed by atoms with E-state index < -0.39 is 0 Å². The molecule has 10 aromatic carbocycles. The summed E-state index contributed by atoms with van der Waals surface area (Å²) >= 11 is 0. The molecule has 0 spiro atoms. The summed E-state index contributed by atoms with van der Waals surface area (Å²) in [5, 5.41) is 7.26. The monoisotopic (exact) mass is 904 g/mol. The zero-order valence-electron chi connectivity index (χ0n) is 38.3. The van der Waals surface area contributed by atoms with Crippen LogP contribution in [0.4, 0.5) is 5.69 Å². The van der Waals surface area contributed by atoms with Crippen molar-refractivity contribution in [2.24, 2.45) is 0 Å². The van der Waals surface area contributed by atoms with Crippen molar-refractivity contribution < 1.29 is 0 Å². The molecule has 71 heavy (non-hydrogen) atoms. The molecule has 0 saturated heterocycles. The first-order valence-corrected chi connectivity index (χ1v) is 23.8. The van der Waals surface area contributed by atoms with E-state index in [4.69, 9.17) is 16.5 Å². The van der Waals surface area contributed by atoms with Crippen LogP contribution in [0.1, 0.15) is 0 Å². The third-order valence-electron chi connectivity index (χ3n) is 14.1. The van der Waals surface area contributed by atoms with Crippen LogP contribution in [0.2, 0.25) is 0 Å². The topological polar surface area (TPSA) is 44.9 Å². The number of para-hydroxylation sites is 4. The molecule has 0 saturated carbocycles. The van der Waals surface area contributed by atoms with E-state index in [0.29, 0.717) is 11.5 Å². The van der Waals surface area contributed by atoms with E-state index in [0.717, 1.165) is 78.1 Å². The van der Waals surface area contributed by atoms with E-state index in [9.17, 15) is 0 Å². The van der Waals surface area contributed by atoms with E-state index in [-0.39, 0.29) is 0 Å². The molecule has 0 atom stereocenters. The van der Waals surface area contributed by atoms with Gasteiger partial charge in [-0.2, -0.15) is 0 Å². The van der Waals surface area contributed by atoms with Crippen molar-refractivity contribution in [1.82, 2.24) is 23.7 Å². The highest BCUT2D eigenvalue weighted by molar-refractivity contribution is 6.14. The van der Waals surface area contributed by atoms with Gasteiger partial charge in [-0.3, -0.25) is 0 Å². The van der Waals surface area contributed by atoms with Crippen LogP contribution in [-0.2, 0) is 0 Å². The molecular weight excluding hydrogens is 865 g/mol. The van der Waals surface area contributed by atoms with Crippen molar-refractivity contribution >= 4 is 71.1 Å². The second-order valence-corrected chi connectivity index (χ2v) is 18.1. The molecule has 0 radical (unpaired) electrons. The molecule has 14 rings (SSSR count). The minimum absolute atomic E-state index is 0.559. The SMILES string of the molecule is [C-]#[N+]c1cc(-c2cc(-c3ccccc3)nc(-c3ccccc3)n2)ccc1-c1ccc(-n2c3ccc(-n4c5ccccc5c5ccccc54)cc3c3cc(-n4c5ccccc5c5ccccc54)ccc32)cc1. The fraction of sp³-hybridized carbons (Fsp3) is 0. The Morgan fingerprint density at radius 3 is 1.18 bits per heavy atom. The summed E-state index contributed by atoms with van der Waals surface area (Å²) in [6.45, 7) is 8.38. The second kappa shape index (κ2) is 16.2. The molecule has 6 nitrogen and oxygen atoms in total. The summed E-state index contributed by atoms with van der Waals surface area (Å²) in [6.07, 6.45) is 0. The van der Waals surface area contributed by atoms with Crippen LogP contribution in [0.25, 0.3) is 132 Å². The Labute approximate surface area is 409 Å². The van der Waals surface area contributed by atoms with Crippen molar-refractivity contribution in [3.63, 3.8) is 0 Å². The van der Waals surface area contributed by atoms with Crippen LogP contribution >= 0.6 is 0 Å². The molecule has 0 fully saturated rings. The van der Waals surface area contributed by atoms with Gasteiger partial charge in [0.25, 0.3) is 0 Å². The molecule has 0 aliphatic rings. The van der Waals surface area contributed by atoms with Crippen LogP contribution in [0, 0.1) is 6.57 Å². The van der Waals surface area contributed by atoms with Gasteiger partial charge in [-0.1, -0.05) is 158 Å². The standard InChI is InChI=1S/C65H40N6/c1-66-58-38-45(57-41-56(43-16-4-2-5-17-43)67-65(68-57)44-18-6-3-7-19-44)30-35-49(58)42-28-31-46(32-29-42)69-63-36-33-47(70-59-24-12-8-20-50(59)51-21-9-13-25-60(51)70)39-54(63)55-40-48(34-37-64(55)69)71-61-26-14-10-22-52(61)53-23-11-15-27-62(53)71/h2-41H. The predicted molar refractivity (Wildman–Crippen MR) is 293 cm³/mol. The van der Waals surface area contributed by atoms with Crippen molar-refractivity contribution in [1.29, 1.82) is 0 Å². The number of hydrogen-bond acceptors (Lipinski definition) is 2. The summed E-state index contributed by atoms with van der Waals surface area (Å²) in [4.78, 5) is 14.1. The lowest BCUT2D eigenvalue weighted by Gasteiger charge is -2.13. The van der Waals surface area contributed by atoms with Gasteiger partial charge in [0.15, 0.2) is 11.5 Å². The molecule has 4 heterocycles. The summed E-state index contributed by atoms with van der Waals surface area (Å²) in [5.41, 5.74) is 17.0. The molecule has 14 aromatic rings. The fourth-order valence-corrected chi connectivity index (χ4v) is 10.8. The first-order valence-electron chi connectivity index (χ1n) is 23.8. The quantitative estimate of drug-likeness (QED) is 0.150. The Balaban J connectivity index is 0.909. The van der Waals surface area contributed by atoms with Crippen LogP contribution in [0.15, 0.2) is 243 Å². The van der Waals surface area contributed by atoms with Gasteiger partial charge < -0.3 is 13.7 Å². The summed E-state index contributed by atoms with van der Waals surface area (Å²) in [7, 11) is 0. The molecule has 4 aromatic heterocycles. The lowest BCUT2D eigenvalue weighted by molar-refractivity contribution is 1.16. The zero-order chi connectivity index (χ0) is 47.0. The molecule has 6 heteroatoms. The number of fused-ring (bicyclic) bond motifs is 9. The van der Waals surface area contributed by atoms with Crippen LogP contribution in [-0.4, -0.2) is 23.7 Å². The lowest BCUT2D eigenvalue weighted by atomic mass is 9.99. The van der Waals surface area contributed by atoms with Crippen molar-refractivity contribution in [3.05, 3.63) is 254 Å². The molecular formula is C65H40N6. The number of nitrogens with zero attached hydrogens (tertiary/aromatic N) is 6. The summed E-state index contributed by atoms with van der Waals surface area (Å²) < 4.78 is 7.17. The smallest absolute Gasteiger partial charge is 0.195 e. The van der Waals surface area contributed by atoms with E-state index in [1.165, 1.54) is 43.6 Å². The minimum atomic E-state index is 0.559. The fourth-order valence-electron chi connectivity index (χ4n) is 10.8. The van der Waals surface area contributed by atoms with Gasteiger partial charge in [-0.25, -0.2) is 14.8 Å². The van der Waals surface area contributed by atoms with Crippen molar-refractivity contribution in [3.8, 4) is 62.1 Å². The Morgan fingerprint density at radius 2 is 0.690 bits per heavy atom. The molecule has 0 aliphatic carbocycles. The van der Waals surface area contributed by atoms with Gasteiger partial charge in [0.1, 0.15) is 0 Å². The van der Waals surface area contributed by atoms with Crippen molar-refractivity contribution in [2.45, 2.75) is 0 Å². The zero-order valence-corrected chi connectivity index (χ0v) is 38.3. The van der Waals surface area contributed by atoms with Crippen LogP contribution < -0.4 is 0 Å². The predicted octanol–water partition coefficient (Wildman–Crippen LogP) is 17.0. The summed E-state index contributed by atoms with van der Waals surface area (Å²) in [5.74, 6) is 0.641. The van der Waals surface area contributed by atoms with Crippen LogP contribution in [0.5, 0.6) is 0 Å². The van der Waals surface area contributed by atoms with Gasteiger partial charge in [0.2, 0.25) is 0 Å². The normalized spacial score (nSPS) is 11.6. The lowest BCUT2D eigenvalue weighted by Crippen LogP contribution is -1.96. The average molecular weight is 905 g/mol. The van der Waals surface area contributed by atoms with Crippen LogP contribution in [0.3, 0.4) is 0 Å². The third kappa shape index (κ3) is 6.49. The molecule has 0 unspecified atom stereocenters. The maximum Gasteiger partial charge on any atom is 0.195 e. The van der Waals surface area contributed by atoms with Gasteiger partial charge in [0.05, 0.1) is 51.1 Å². The minimum Gasteiger partial charge on any atom is -0.309 e. The second-order valence-electron chi connectivity index (χ2n) is 18.1. The third-order valence-corrected chi connectivity index (χ3v) is 14.1. The van der Waals surface area contributed by atoms with E-state index in [1.807, 2.05) is 60.7 Å². The Bertz CT molecular complexity index is 4120. The van der Waals surface area contributed by atoms with Gasteiger partial charge >= 0.3 is 0 Å². The van der Waals surface area contributed by atoms with E-state index in [2.05, 4.69) is 201 Å². The van der Waals surface area contributed by atoms with E-state index >= 15 is 0 Å². The Morgan fingerprint density at radius 1 is 0.296 bits per heavy atom. The molecule has 330 valence electrons. The molecule has 0 N–H and O–H groups in total. The highest BCUT2D eigenvalue weighted by Crippen LogP contribution is 2.41. The number of aromatic nitrogens is 5. The van der Waals surface area contributed by atoms with Gasteiger partial charge in [-0.05, 0) is 102 Å². The maximum atomic E-state index is 8.38. The highest BCUT2D eigenvalue weighted by Gasteiger charge is 2.20.